The zero-order valence-electron chi connectivity index (χ0n) is 10.3. The summed E-state index contributed by atoms with van der Waals surface area (Å²) in [6.07, 6.45) is 0. The highest BCUT2D eigenvalue weighted by Gasteiger charge is 2.04. The molecule has 4 nitrogen and oxygen atoms in total. The van der Waals surface area contributed by atoms with E-state index in [0.717, 1.165) is 16.3 Å². The SMILES string of the molecule is Nc1ccc(=O)n(Cc2cccc3ccccc23)n1. The number of nitrogens with two attached hydrogens (primary N) is 1. The molecular weight excluding hydrogens is 238 g/mol. The van der Waals surface area contributed by atoms with Crippen molar-refractivity contribution in [3.63, 3.8) is 0 Å². The van der Waals surface area contributed by atoms with Crippen molar-refractivity contribution in [2.75, 3.05) is 5.73 Å². The van der Waals surface area contributed by atoms with Gasteiger partial charge in [-0.25, -0.2) is 4.68 Å². The first-order valence-corrected chi connectivity index (χ1v) is 6.04. The smallest absolute Gasteiger partial charge is 0.267 e. The Hall–Kier alpha value is -2.62. The van der Waals surface area contributed by atoms with Crippen LogP contribution in [0.2, 0.25) is 0 Å². The monoisotopic (exact) mass is 251 g/mol. The number of anilines is 1. The van der Waals surface area contributed by atoms with Gasteiger partial charge in [0.2, 0.25) is 0 Å². The first-order valence-electron chi connectivity index (χ1n) is 6.04. The Morgan fingerprint density at radius 3 is 2.68 bits per heavy atom. The van der Waals surface area contributed by atoms with E-state index in [9.17, 15) is 4.79 Å². The average Bonchev–Trinajstić information content (AvgIpc) is 2.43. The average molecular weight is 251 g/mol. The largest absolute Gasteiger partial charge is 0.382 e. The van der Waals surface area contributed by atoms with Crippen molar-refractivity contribution in [2.45, 2.75) is 6.54 Å². The molecular formula is C15H13N3O. The van der Waals surface area contributed by atoms with Crippen LogP contribution in [0.1, 0.15) is 5.56 Å². The second-order valence-electron chi connectivity index (χ2n) is 4.39. The number of hydrogen-bond acceptors (Lipinski definition) is 3. The van der Waals surface area contributed by atoms with Crippen LogP contribution >= 0.6 is 0 Å². The van der Waals surface area contributed by atoms with Gasteiger partial charge in [-0.15, -0.1) is 0 Å². The first kappa shape index (κ1) is 11.5. The van der Waals surface area contributed by atoms with Gasteiger partial charge in [-0.3, -0.25) is 4.79 Å². The fourth-order valence-electron chi connectivity index (χ4n) is 2.17. The van der Waals surface area contributed by atoms with E-state index >= 15 is 0 Å². The summed E-state index contributed by atoms with van der Waals surface area (Å²) in [5.41, 5.74) is 6.53. The van der Waals surface area contributed by atoms with Gasteiger partial charge in [-0.2, -0.15) is 5.10 Å². The fraction of sp³-hybridized carbons (Fsp3) is 0.0667. The highest BCUT2D eigenvalue weighted by atomic mass is 16.1. The van der Waals surface area contributed by atoms with Crippen molar-refractivity contribution in [3.8, 4) is 0 Å². The number of nitrogens with zero attached hydrogens (tertiary/aromatic N) is 2. The van der Waals surface area contributed by atoms with Crippen molar-refractivity contribution in [1.82, 2.24) is 9.78 Å². The zero-order valence-corrected chi connectivity index (χ0v) is 10.3. The molecule has 0 radical (unpaired) electrons. The van der Waals surface area contributed by atoms with Crippen LogP contribution in [0.4, 0.5) is 5.82 Å². The molecule has 19 heavy (non-hydrogen) atoms. The molecule has 3 rings (SSSR count). The Bertz CT molecular complexity index is 787. The second kappa shape index (κ2) is 4.57. The Balaban J connectivity index is 2.11. The van der Waals surface area contributed by atoms with Crippen LogP contribution in [-0.2, 0) is 6.54 Å². The third-order valence-electron chi connectivity index (χ3n) is 3.09. The molecule has 1 aromatic heterocycles. The van der Waals surface area contributed by atoms with Crippen LogP contribution in [0.25, 0.3) is 10.8 Å². The molecule has 0 saturated carbocycles. The van der Waals surface area contributed by atoms with Gasteiger partial charge in [-0.1, -0.05) is 42.5 Å². The van der Waals surface area contributed by atoms with Gasteiger partial charge in [0.25, 0.3) is 5.56 Å². The number of aromatic nitrogens is 2. The third-order valence-corrected chi connectivity index (χ3v) is 3.09. The third kappa shape index (κ3) is 2.20. The summed E-state index contributed by atoms with van der Waals surface area (Å²) in [4.78, 5) is 11.8. The number of nitrogen functional groups attached to an aromatic ring is 1. The lowest BCUT2D eigenvalue weighted by molar-refractivity contribution is 0.647. The minimum absolute atomic E-state index is 0.151. The lowest BCUT2D eigenvalue weighted by Crippen LogP contribution is -2.23. The van der Waals surface area contributed by atoms with Crippen molar-refractivity contribution in [3.05, 3.63) is 70.5 Å². The van der Waals surface area contributed by atoms with E-state index < -0.39 is 0 Å². The summed E-state index contributed by atoms with van der Waals surface area (Å²) in [5.74, 6) is 0.347. The summed E-state index contributed by atoms with van der Waals surface area (Å²) in [6, 6.07) is 17.1. The van der Waals surface area contributed by atoms with Gasteiger partial charge in [0, 0.05) is 6.07 Å². The Labute approximate surface area is 110 Å². The molecule has 0 bridgehead atoms. The Morgan fingerprint density at radius 1 is 1.00 bits per heavy atom. The van der Waals surface area contributed by atoms with E-state index in [1.165, 1.54) is 16.8 Å². The van der Waals surface area contributed by atoms with Crippen LogP contribution in [0.15, 0.2) is 59.4 Å². The van der Waals surface area contributed by atoms with Crippen LogP contribution in [0.3, 0.4) is 0 Å². The van der Waals surface area contributed by atoms with Crippen LogP contribution < -0.4 is 11.3 Å². The molecule has 0 aliphatic rings. The molecule has 0 aliphatic carbocycles. The summed E-state index contributed by atoms with van der Waals surface area (Å²) in [5, 5.41) is 6.33. The summed E-state index contributed by atoms with van der Waals surface area (Å²) in [7, 11) is 0. The van der Waals surface area contributed by atoms with E-state index in [-0.39, 0.29) is 5.56 Å². The number of hydrogen-bond donors (Lipinski definition) is 1. The highest BCUT2D eigenvalue weighted by Crippen LogP contribution is 2.18. The molecule has 0 fully saturated rings. The maximum atomic E-state index is 11.8. The lowest BCUT2D eigenvalue weighted by Gasteiger charge is -2.08. The molecule has 0 aliphatic heterocycles. The topological polar surface area (TPSA) is 60.9 Å². The molecule has 2 N–H and O–H groups in total. The molecule has 1 heterocycles. The summed E-state index contributed by atoms with van der Waals surface area (Å²) >= 11 is 0. The van der Waals surface area contributed by atoms with Crippen LogP contribution in [0, 0.1) is 0 Å². The molecule has 2 aromatic carbocycles. The maximum Gasteiger partial charge on any atom is 0.267 e. The molecule has 4 heteroatoms. The maximum absolute atomic E-state index is 11.8. The Morgan fingerprint density at radius 2 is 1.79 bits per heavy atom. The molecule has 0 atom stereocenters. The molecule has 0 spiro atoms. The number of rotatable bonds is 2. The van der Waals surface area contributed by atoms with Gasteiger partial charge in [0.1, 0.15) is 5.82 Å². The van der Waals surface area contributed by atoms with E-state index in [1.807, 2.05) is 42.5 Å². The minimum Gasteiger partial charge on any atom is -0.382 e. The number of fused-ring (bicyclic) bond motifs is 1. The second-order valence-corrected chi connectivity index (χ2v) is 4.39. The molecule has 0 unspecified atom stereocenters. The number of benzene rings is 2. The van der Waals surface area contributed by atoms with Gasteiger partial charge in [0.05, 0.1) is 6.54 Å². The van der Waals surface area contributed by atoms with Crippen molar-refractivity contribution in [1.29, 1.82) is 0 Å². The zero-order chi connectivity index (χ0) is 13.2. The molecule has 0 amide bonds. The summed E-state index contributed by atoms with van der Waals surface area (Å²) < 4.78 is 1.39. The predicted molar refractivity (Wildman–Crippen MR) is 76.0 cm³/mol. The Kier molecular flexibility index (Phi) is 2.76. The van der Waals surface area contributed by atoms with Crippen molar-refractivity contribution < 1.29 is 0 Å². The van der Waals surface area contributed by atoms with Gasteiger partial charge >= 0.3 is 0 Å². The standard InChI is InChI=1S/C15H13N3O/c16-14-8-9-15(19)18(17-14)10-12-6-3-5-11-4-1-2-7-13(11)12/h1-9H,10H2,(H2,16,17). The molecule has 0 saturated heterocycles. The van der Waals surface area contributed by atoms with E-state index in [2.05, 4.69) is 5.10 Å². The minimum atomic E-state index is -0.151. The van der Waals surface area contributed by atoms with Crippen molar-refractivity contribution in [2.24, 2.45) is 0 Å². The highest BCUT2D eigenvalue weighted by molar-refractivity contribution is 5.85. The quantitative estimate of drug-likeness (QED) is 0.758. The van der Waals surface area contributed by atoms with Gasteiger partial charge in [0.15, 0.2) is 0 Å². The van der Waals surface area contributed by atoms with E-state index in [4.69, 9.17) is 5.73 Å². The molecule has 94 valence electrons. The van der Waals surface area contributed by atoms with E-state index in [0.29, 0.717) is 12.4 Å². The first-order chi connectivity index (χ1) is 9.24. The normalized spacial score (nSPS) is 10.7. The van der Waals surface area contributed by atoms with Gasteiger partial charge < -0.3 is 5.73 Å². The molecule has 3 aromatic rings. The van der Waals surface area contributed by atoms with Gasteiger partial charge in [-0.05, 0) is 22.4 Å². The fourth-order valence-corrected chi connectivity index (χ4v) is 2.17. The summed E-state index contributed by atoms with van der Waals surface area (Å²) in [6.45, 7) is 0.422. The van der Waals surface area contributed by atoms with E-state index in [1.54, 1.807) is 0 Å². The van der Waals surface area contributed by atoms with Crippen LogP contribution in [-0.4, -0.2) is 9.78 Å². The van der Waals surface area contributed by atoms with Crippen molar-refractivity contribution >= 4 is 16.6 Å². The predicted octanol–water partition coefficient (Wildman–Crippen LogP) is 2.03. The lowest BCUT2D eigenvalue weighted by atomic mass is 10.0. The van der Waals surface area contributed by atoms with Crippen LogP contribution in [0.5, 0.6) is 0 Å².